The third-order valence-electron chi connectivity index (χ3n) is 5.35. The van der Waals surface area contributed by atoms with E-state index >= 15 is 0 Å². The molecule has 0 atom stereocenters. The van der Waals surface area contributed by atoms with Crippen LogP contribution in [0.3, 0.4) is 0 Å². The van der Waals surface area contributed by atoms with Gasteiger partial charge in [0.2, 0.25) is 10.0 Å². The Bertz CT molecular complexity index is 926. The quantitative estimate of drug-likeness (QED) is 0.622. The number of amides is 1. The Morgan fingerprint density at radius 1 is 1.03 bits per heavy atom. The Kier molecular flexibility index (Phi) is 8.01. The molecule has 1 fully saturated rings. The molecule has 0 saturated carbocycles. The Morgan fingerprint density at radius 2 is 1.77 bits per heavy atom. The van der Waals surface area contributed by atoms with Crippen LogP contribution in [0.15, 0.2) is 59.5 Å². The fourth-order valence-corrected chi connectivity index (χ4v) is 5.24. The van der Waals surface area contributed by atoms with Crippen molar-refractivity contribution in [3.8, 4) is 0 Å². The molecule has 0 aliphatic carbocycles. The lowest BCUT2D eigenvalue weighted by molar-refractivity contribution is 0.0951. The average molecular weight is 430 g/mol. The van der Waals surface area contributed by atoms with Crippen LogP contribution in [0.25, 0.3) is 0 Å². The van der Waals surface area contributed by atoms with Gasteiger partial charge in [-0.15, -0.1) is 0 Å². The molecule has 1 heterocycles. The summed E-state index contributed by atoms with van der Waals surface area (Å²) in [5, 5.41) is 2.90. The summed E-state index contributed by atoms with van der Waals surface area (Å²) in [5.41, 5.74) is 1.64. The summed E-state index contributed by atoms with van der Waals surface area (Å²) in [7, 11) is -1.48. The largest absolute Gasteiger partial charge is 0.352 e. The van der Waals surface area contributed by atoms with Gasteiger partial charge in [0.1, 0.15) is 0 Å². The number of nitrogens with zero attached hydrogens (tertiary/aromatic N) is 2. The maximum atomic E-state index is 12.8. The lowest BCUT2D eigenvalue weighted by Crippen LogP contribution is -2.35. The van der Waals surface area contributed by atoms with Gasteiger partial charge >= 0.3 is 0 Å². The Labute approximate surface area is 179 Å². The first kappa shape index (κ1) is 22.5. The van der Waals surface area contributed by atoms with Crippen LogP contribution in [0.4, 0.5) is 0 Å². The van der Waals surface area contributed by atoms with E-state index in [4.69, 9.17) is 0 Å². The van der Waals surface area contributed by atoms with Crippen LogP contribution in [0.1, 0.15) is 41.6 Å². The van der Waals surface area contributed by atoms with E-state index in [1.165, 1.54) is 15.9 Å². The first-order valence-electron chi connectivity index (χ1n) is 10.6. The molecule has 1 aliphatic rings. The van der Waals surface area contributed by atoms with Gasteiger partial charge in [-0.1, -0.05) is 42.8 Å². The van der Waals surface area contributed by atoms with Crippen molar-refractivity contribution in [3.05, 3.63) is 65.7 Å². The fraction of sp³-hybridized carbons (Fsp3) is 0.435. The number of nitrogens with one attached hydrogen (secondary N) is 1. The van der Waals surface area contributed by atoms with Gasteiger partial charge in [-0.05, 0) is 56.6 Å². The smallest absolute Gasteiger partial charge is 0.251 e. The molecule has 7 heteroatoms. The zero-order chi connectivity index (χ0) is 21.4. The van der Waals surface area contributed by atoms with Gasteiger partial charge in [0, 0.05) is 31.7 Å². The number of piperidine rings is 1. The van der Waals surface area contributed by atoms with Crippen LogP contribution in [-0.2, 0) is 16.6 Å². The van der Waals surface area contributed by atoms with Crippen LogP contribution in [0.5, 0.6) is 0 Å². The number of hydrogen-bond donors (Lipinski definition) is 1. The zero-order valence-corrected chi connectivity index (χ0v) is 18.4. The maximum absolute atomic E-state index is 12.8. The molecule has 2 aromatic rings. The van der Waals surface area contributed by atoms with Gasteiger partial charge in [0.15, 0.2) is 0 Å². The van der Waals surface area contributed by atoms with Crippen LogP contribution in [-0.4, -0.2) is 56.8 Å². The normalized spacial score (nSPS) is 15.3. The highest BCUT2D eigenvalue weighted by Crippen LogP contribution is 2.21. The van der Waals surface area contributed by atoms with Crippen molar-refractivity contribution in [2.45, 2.75) is 37.1 Å². The predicted octanol–water partition coefficient (Wildman–Crippen LogP) is 3.11. The van der Waals surface area contributed by atoms with E-state index < -0.39 is 10.0 Å². The molecule has 1 amide bonds. The second-order valence-corrected chi connectivity index (χ2v) is 9.76. The number of sulfonamides is 1. The van der Waals surface area contributed by atoms with Crippen molar-refractivity contribution in [3.63, 3.8) is 0 Å². The highest BCUT2D eigenvalue weighted by molar-refractivity contribution is 7.89. The van der Waals surface area contributed by atoms with E-state index in [1.54, 1.807) is 18.2 Å². The van der Waals surface area contributed by atoms with Gasteiger partial charge in [0.25, 0.3) is 5.91 Å². The monoisotopic (exact) mass is 429 g/mol. The van der Waals surface area contributed by atoms with Gasteiger partial charge < -0.3 is 10.2 Å². The second-order valence-electron chi connectivity index (χ2n) is 7.83. The number of carbonyl (C=O) groups excluding carboxylic acids is 1. The SMILES string of the molecule is CN(CCCNC(=O)c1cccc(S(=O)(=O)N2CCCCC2)c1)Cc1ccccc1. The summed E-state index contributed by atoms with van der Waals surface area (Å²) < 4.78 is 27.2. The van der Waals surface area contributed by atoms with Gasteiger partial charge in [-0.25, -0.2) is 8.42 Å². The molecule has 0 aromatic heterocycles. The van der Waals surface area contributed by atoms with Crippen molar-refractivity contribution in [2.75, 3.05) is 33.2 Å². The summed E-state index contributed by atoms with van der Waals surface area (Å²) >= 11 is 0. The van der Waals surface area contributed by atoms with E-state index in [-0.39, 0.29) is 10.8 Å². The Hall–Kier alpha value is -2.22. The van der Waals surface area contributed by atoms with Crippen LogP contribution in [0, 0.1) is 0 Å². The van der Waals surface area contributed by atoms with Crippen molar-refractivity contribution in [1.82, 2.24) is 14.5 Å². The molecule has 0 bridgehead atoms. The van der Waals surface area contributed by atoms with Gasteiger partial charge in [-0.3, -0.25) is 4.79 Å². The van der Waals surface area contributed by atoms with Crippen molar-refractivity contribution in [1.29, 1.82) is 0 Å². The number of hydrogen-bond acceptors (Lipinski definition) is 4. The minimum atomic E-state index is -3.54. The number of rotatable bonds is 9. The second kappa shape index (κ2) is 10.7. The van der Waals surface area contributed by atoms with Crippen molar-refractivity contribution in [2.24, 2.45) is 0 Å². The molecule has 6 nitrogen and oxygen atoms in total. The highest BCUT2D eigenvalue weighted by Gasteiger charge is 2.26. The molecule has 162 valence electrons. The van der Waals surface area contributed by atoms with Crippen molar-refractivity contribution >= 4 is 15.9 Å². The Morgan fingerprint density at radius 3 is 2.50 bits per heavy atom. The molecule has 1 N–H and O–H groups in total. The minimum absolute atomic E-state index is 0.194. The molecule has 30 heavy (non-hydrogen) atoms. The van der Waals surface area contributed by atoms with E-state index in [0.717, 1.165) is 38.8 Å². The maximum Gasteiger partial charge on any atom is 0.251 e. The molecular formula is C23H31N3O3S. The minimum Gasteiger partial charge on any atom is -0.352 e. The Balaban J connectivity index is 1.49. The average Bonchev–Trinajstić information content (AvgIpc) is 2.78. The van der Waals surface area contributed by atoms with Crippen LogP contribution < -0.4 is 5.32 Å². The lowest BCUT2D eigenvalue weighted by atomic mass is 10.2. The lowest BCUT2D eigenvalue weighted by Gasteiger charge is -2.26. The molecule has 3 rings (SSSR count). The van der Waals surface area contributed by atoms with Crippen molar-refractivity contribution < 1.29 is 13.2 Å². The topological polar surface area (TPSA) is 69.7 Å². The zero-order valence-electron chi connectivity index (χ0n) is 17.6. The number of benzene rings is 2. The van der Waals surface area contributed by atoms with E-state index in [2.05, 4.69) is 29.4 Å². The molecular weight excluding hydrogens is 398 g/mol. The molecule has 0 spiro atoms. The molecule has 1 saturated heterocycles. The fourth-order valence-electron chi connectivity index (χ4n) is 3.68. The standard InChI is InChI=1S/C23H31N3O3S/c1-25(19-20-10-4-2-5-11-20)15-9-14-24-23(27)21-12-8-13-22(18-21)30(28,29)26-16-6-3-7-17-26/h2,4-5,8,10-13,18H,3,6-7,9,14-17,19H2,1H3,(H,24,27). The third-order valence-corrected chi connectivity index (χ3v) is 7.24. The number of carbonyl (C=O) groups is 1. The third kappa shape index (κ3) is 6.14. The first-order chi connectivity index (χ1) is 14.5. The van der Waals surface area contributed by atoms with Gasteiger partial charge in [0.05, 0.1) is 4.90 Å². The molecule has 0 radical (unpaired) electrons. The summed E-state index contributed by atoms with van der Waals surface area (Å²) in [6.07, 6.45) is 3.66. The summed E-state index contributed by atoms with van der Waals surface area (Å²) in [5.74, 6) is -0.239. The predicted molar refractivity (Wildman–Crippen MR) is 119 cm³/mol. The van der Waals surface area contributed by atoms with Crippen LogP contribution >= 0.6 is 0 Å². The van der Waals surface area contributed by atoms with E-state index in [1.807, 2.05) is 18.2 Å². The summed E-state index contributed by atoms with van der Waals surface area (Å²) in [4.78, 5) is 14.9. The van der Waals surface area contributed by atoms with E-state index in [0.29, 0.717) is 25.2 Å². The molecule has 0 unspecified atom stereocenters. The molecule has 1 aliphatic heterocycles. The van der Waals surface area contributed by atoms with E-state index in [9.17, 15) is 13.2 Å². The first-order valence-corrected chi connectivity index (χ1v) is 12.0. The van der Waals surface area contributed by atoms with Crippen LogP contribution in [0.2, 0.25) is 0 Å². The summed E-state index contributed by atoms with van der Waals surface area (Å²) in [6, 6.07) is 16.6. The van der Waals surface area contributed by atoms with Gasteiger partial charge in [-0.2, -0.15) is 4.31 Å². The molecule has 2 aromatic carbocycles. The highest BCUT2D eigenvalue weighted by atomic mass is 32.2. The summed E-state index contributed by atoms with van der Waals surface area (Å²) in [6.45, 7) is 3.37.